The van der Waals surface area contributed by atoms with Gasteiger partial charge in [-0.3, -0.25) is 14.9 Å². The normalized spacial score (nSPS) is 9.29. The van der Waals surface area contributed by atoms with Crippen LogP contribution >= 0.6 is 0 Å². The highest BCUT2D eigenvalue weighted by atomic mass is 19.1. The van der Waals surface area contributed by atoms with Crippen LogP contribution in [0.2, 0.25) is 0 Å². The van der Waals surface area contributed by atoms with E-state index in [2.05, 4.69) is 0 Å². The van der Waals surface area contributed by atoms with Gasteiger partial charge in [0.05, 0.1) is 4.92 Å². The summed E-state index contributed by atoms with van der Waals surface area (Å²) in [6.45, 7) is 0. The number of rotatable bonds is 3. The van der Waals surface area contributed by atoms with Crippen molar-refractivity contribution < 1.29 is 18.5 Å². The summed E-state index contributed by atoms with van der Waals surface area (Å²) in [5.41, 5.74) is -1.59. The van der Waals surface area contributed by atoms with Gasteiger partial charge in [-0.15, -0.1) is 0 Å². The lowest BCUT2D eigenvalue weighted by atomic mass is 10.3. The molecule has 1 aromatic rings. The lowest BCUT2D eigenvalue weighted by Gasteiger charge is -2.03. The minimum absolute atomic E-state index is 0.317. The monoisotopic (exact) mass is 240 g/mol. The zero-order valence-electron chi connectivity index (χ0n) is 8.11. The van der Waals surface area contributed by atoms with Gasteiger partial charge in [0.2, 0.25) is 0 Å². The molecule has 0 saturated heterocycles. The van der Waals surface area contributed by atoms with Crippen molar-refractivity contribution in [3.8, 4) is 0 Å². The van der Waals surface area contributed by atoms with Gasteiger partial charge in [0.1, 0.15) is 11.6 Å². The van der Waals surface area contributed by atoms with Gasteiger partial charge in [-0.25, -0.2) is 8.78 Å². The van der Waals surface area contributed by atoms with Crippen molar-refractivity contribution in [1.82, 2.24) is 0 Å². The van der Waals surface area contributed by atoms with Crippen LogP contribution in [0.1, 0.15) is 0 Å². The molecule has 8 heteroatoms. The first-order valence-corrected chi connectivity index (χ1v) is 4.13. The van der Waals surface area contributed by atoms with Crippen LogP contribution in [0.25, 0.3) is 5.41 Å². The van der Waals surface area contributed by atoms with Crippen LogP contribution in [0.15, 0.2) is 23.9 Å². The number of nitrogens with zero attached hydrogens (tertiary/aromatic N) is 2. The fraction of sp³-hybridized carbons (Fsp3) is 0. The standard InChI is InChI=1S/C9H4F2N3O3/c10-5-1-6(11)3-7(2-5)13-9(15)8(4-12)14(16)17/h1-3H,(H,13,15)/q-1. The van der Waals surface area contributed by atoms with E-state index >= 15 is 0 Å². The van der Waals surface area contributed by atoms with Gasteiger partial charge in [0.15, 0.2) is 0 Å². The molecule has 0 heterocycles. The number of benzene rings is 1. The van der Waals surface area contributed by atoms with E-state index in [0.29, 0.717) is 6.07 Å². The molecule has 0 aliphatic heterocycles. The average Bonchev–Trinajstić information content (AvgIpc) is 2.15. The summed E-state index contributed by atoms with van der Waals surface area (Å²) in [4.78, 5) is 20.2. The average molecular weight is 240 g/mol. The first-order valence-electron chi connectivity index (χ1n) is 4.13. The first-order chi connectivity index (χ1) is 7.93. The molecule has 0 saturated carbocycles. The Morgan fingerprint density at radius 3 is 2.29 bits per heavy atom. The van der Waals surface area contributed by atoms with E-state index in [-0.39, 0.29) is 5.69 Å². The first kappa shape index (κ1) is 12.5. The highest BCUT2D eigenvalue weighted by Gasteiger charge is 2.19. The number of hydrogen-bond acceptors (Lipinski definition) is 3. The molecule has 0 bridgehead atoms. The summed E-state index contributed by atoms with van der Waals surface area (Å²) in [6, 6.07) is 2.09. The molecule has 1 N–H and O–H groups in total. The van der Waals surface area contributed by atoms with Crippen LogP contribution in [0.3, 0.4) is 0 Å². The molecule has 88 valence electrons. The van der Waals surface area contributed by atoms with Crippen LogP contribution in [-0.4, -0.2) is 16.7 Å². The Balaban J connectivity index is 2.95. The zero-order chi connectivity index (χ0) is 13.0. The van der Waals surface area contributed by atoms with E-state index < -0.39 is 28.2 Å². The molecule has 0 fully saturated rings. The van der Waals surface area contributed by atoms with E-state index in [9.17, 15) is 23.7 Å². The molecule has 0 radical (unpaired) electrons. The Hall–Kier alpha value is -2.60. The smallest absolute Gasteiger partial charge is 0.353 e. The van der Waals surface area contributed by atoms with E-state index in [1.54, 1.807) is 0 Å². The second-order valence-electron chi connectivity index (χ2n) is 2.83. The zero-order valence-corrected chi connectivity index (χ0v) is 8.11. The Kier molecular flexibility index (Phi) is 3.63. The Morgan fingerprint density at radius 2 is 1.88 bits per heavy atom. The topological polar surface area (TPSA) is 94.5 Å². The summed E-state index contributed by atoms with van der Waals surface area (Å²) >= 11 is 0. The molecule has 6 nitrogen and oxygen atoms in total. The van der Waals surface area contributed by atoms with Crippen molar-refractivity contribution in [2.24, 2.45) is 0 Å². The van der Waals surface area contributed by atoms with Crippen LogP contribution in [-0.2, 0) is 4.79 Å². The molecule has 17 heavy (non-hydrogen) atoms. The molecule has 1 aromatic carbocycles. The molecule has 1 amide bonds. The molecule has 1 rings (SSSR count). The largest absolute Gasteiger partial charge is 0.757 e. The molecular weight excluding hydrogens is 236 g/mol. The van der Waals surface area contributed by atoms with Gasteiger partial charge >= 0.3 is 11.6 Å². The van der Waals surface area contributed by atoms with E-state index in [4.69, 9.17) is 5.41 Å². The van der Waals surface area contributed by atoms with E-state index in [0.717, 1.165) is 18.0 Å². The number of carbonyl (C=O) groups excluding carboxylic acids is 1. The van der Waals surface area contributed by atoms with Gasteiger partial charge in [0, 0.05) is 11.8 Å². The fourth-order valence-electron chi connectivity index (χ4n) is 0.991. The number of anilines is 1. The third-order valence-corrected chi connectivity index (χ3v) is 1.62. The summed E-state index contributed by atoms with van der Waals surface area (Å²) in [6.07, 6.45) is 0. The van der Waals surface area contributed by atoms with Crippen molar-refractivity contribution in [3.05, 3.63) is 51.1 Å². The van der Waals surface area contributed by atoms with Crippen molar-refractivity contribution in [2.45, 2.75) is 0 Å². The van der Waals surface area contributed by atoms with Crippen molar-refractivity contribution in [3.63, 3.8) is 0 Å². The van der Waals surface area contributed by atoms with Gasteiger partial charge in [-0.1, -0.05) is 0 Å². The lowest BCUT2D eigenvalue weighted by molar-refractivity contribution is -0.415. The second kappa shape index (κ2) is 4.95. The summed E-state index contributed by atoms with van der Waals surface area (Å²) in [5, 5.41) is 20.4. The number of halogens is 2. The molecule has 0 spiro atoms. The Morgan fingerprint density at radius 1 is 1.35 bits per heavy atom. The summed E-state index contributed by atoms with van der Waals surface area (Å²) < 4.78 is 25.4. The molecule has 0 atom stereocenters. The number of hydrogen-bond donors (Lipinski definition) is 1. The van der Waals surface area contributed by atoms with Crippen molar-refractivity contribution in [2.75, 3.05) is 5.32 Å². The summed E-state index contributed by atoms with van der Waals surface area (Å²) in [7, 11) is 0. The Bertz CT molecular complexity index is 518. The third kappa shape index (κ3) is 3.18. The van der Waals surface area contributed by atoms with E-state index in [1.807, 2.05) is 5.32 Å². The maximum absolute atomic E-state index is 12.7. The molecule has 0 aliphatic rings. The SMILES string of the molecule is [N-]=C=C(C(=O)Nc1cc(F)cc(F)c1)[N+](=O)[O-]. The minimum atomic E-state index is -1.34. The van der Waals surface area contributed by atoms with E-state index in [1.165, 1.54) is 0 Å². The van der Waals surface area contributed by atoms with Crippen LogP contribution in [0.4, 0.5) is 14.5 Å². The summed E-state index contributed by atoms with van der Waals surface area (Å²) in [5.74, 6) is -2.19. The quantitative estimate of drug-likeness (QED) is 0.373. The van der Waals surface area contributed by atoms with Crippen molar-refractivity contribution in [1.29, 1.82) is 0 Å². The molecule has 0 unspecified atom stereocenters. The van der Waals surface area contributed by atoms with Crippen LogP contribution in [0.5, 0.6) is 0 Å². The number of nitrogens with one attached hydrogen (secondary N) is 1. The molecule has 0 aromatic heterocycles. The maximum atomic E-state index is 12.7. The maximum Gasteiger partial charge on any atom is 0.353 e. The van der Waals surface area contributed by atoms with Crippen LogP contribution in [0, 0.1) is 21.7 Å². The van der Waals surface area contributed by atoms with Crippen molar-refractivity contribution >= 4 is 17.5 Å². The number of carbonyl (C=O) groups is 1. The number of amides is 1. The fourth-order valence-corrected chi connectivity index (χ4v) is 0.991. The van der Waals surface area contributed by atoms with Gasteiger partial charge in [-0.2, -0.15) is 5.87 Å². The predicted molar refractivity (Wildman–Crippen MR) is 53.9 cm³/mol. The second-order valence-corrected chi connectivity index (χ2v) is 2.83. The predicted octanol–water partition coefficient (Wildman–Crippen LogP) is 1.30. The molecular formula is C9H4F2N3O3-. The lowest BCUT2D eigenvalue weighted by Crippen LogP contribution is -2.20. The third-order valence-electron chi connectivity index (χ3n) is 1.62. The highest BCUT2D eigenvalue weighted by molar-refractivity contribution is 6.07. The Labute approximate surface area is 93.2 Å². The highest BCUT2D eigenvalue weighted by Crippen LogP contribution is 2.13. The van der Waals surface area contributed by atoms with Gasteiger partial charge in [-0.05, 0) is 12.1 Å². The minimum Gasteiger partial charge on any atom is -0.757 e. The molecule has 0 aliphatic carbocycles. The van der Waals surface area contributed by atoms with Gasteiger partial charge in [0.25, 0.3) is 0 Å². The number of nitro groups is 1. The van der Waals surface area contributed by atoms with Crippen LogP contribution < -0.4 is 5.32 Å². The van der Waals surface area contributed by atoms with Gasteiger partial charge < -0.3 is 10.7 Å².